The van der Waals surface area contributed by atoms with Gasteiger partial charge in [-0.05, 0) is 32.0 Å². The first kappa shape index (κ1) is 17.5. The first-order valence-electron chi connectivity index (χ1n) is 8.68. The first-order valence-corrected chi connectivity index (χ1v) is 8.68. The number of aryl methyl sites for hydroxylation is 2. The summed E-state index contributed by atoms with van der Waals surface area (Å²) < 4.78 is 5.41. The van der Waals surface area contributed by atoms with Gasteiger partial charge in [0.1, 0.15) is 11.5 Å². The number of rotatable bonds is 4. The lowest BCUT2D eigenvalue weighted by Gasteiger charge is -2.40. The summed E-state index contributed by atoms with van der Waals surface area (Å²) in [6, 6.07) is 5.85. The minimum absolute atomic E-state index is 0.0108. The topological polar surface area (TPSA) is 71.3 Å². The standard InChI is InChI=1S/C19H26N4O2/c1-12-8-15(13(2)25-12)18(24)20-9-14-10-23(11-14)17-7-6-16(21-22-17)19(3,4)5/h6-8,14H,9-11H2,1-5H3,(H,20,24). The molecule has 2 aromatic heterocycles. The van der Waals surface area contributed by atoms with Crippen molar-refractivity contribution in [3.05, 3.63) is 41.0 Å². The van der Waals surface area contributed by atoms with Gasteiger partial charge in [0.2, 0.25) is 0 Å². The number of hydrogen-bond donors (Lipinski definition) is 1. The highest BCUT2D eigenvalue weighted by Gasteiger charge is 2.29. The van der Waals surface area contributed by atoms with Gasteiger partial charge < -0.3 is 14.6 Å². The Morgan fingerprint density at radius 2 is 2.00 bits per heavy atom. The molecule has 0 aliphatic carbocycles. The zero-order valence-corrected chi connectivity index (χ0v) is 15.6. The molecular formula is C19H26N4O2. The largest absolute Gasteiger partial charge is 0.466 e. The van der Waals surface area contributed by atoms with Gasteiger partial charge in [-0.3, -0.25) is 4.79 Å². The maximum absolute atomic E-state index is 12.2. The van der Waals surface area contributed by atoms with Gasteiger partial charge in [-0.15, -0.1) is 5.10 Å². The van der Waals surface area contributed by atoms with Crippen LogP contribution in [0.3, 0.4) is 0 Å². The average molecular weight is 342 g/mol. The number of carbonyl (C=O) groups excluding carboxylic acids is 1. The fourth-order valence-corrected chi connectivity index (χ4v) is 2.97. The molecular weight excluding hydrogens is 316 g/mol. The summed E-state index contributed by atoms with van der Waals surface area (Å²) in [4.78, 5) is 14.4. The quantitative estimate of drug-likeness (QED) is 0.925. The molecule has 0 aromatic carbocycles. The average Bonchev–Trinajstić information content (AvgIpc) is 2.84. The highest BCUT2D eigenvalue weighted by Crippen LogP contribution is 2.25. The number of nitrogens with one attached hydrogen (secondary N) is 1. The molecule has 1 saturated heterocycles. The van der Waals surface area contributed by atoms with Crippen molar-refractivity contribution < 1.29 is 9.21 Å². The lowest BCUT2D eigenvalue weighted by molar-refractivity contribution is 0.0943. The molecule has 3 rings (SSSR count). The summed E-state index contributed by atoms with van der Waals surface area (Å²) >= 11 is 0. The van der Waals surface area contributed by atoms with Crippen LogP contribution in [-0.4, -0.2) is 35.7 Å². The predicted molar refractivity (Wildman–Crippen MR) is 97.0 cm³/mol. The van der Waals surface area contributed by atoms with Crippen LogP contribution in [0.1, 0.15) is 48.3 Å². The highest BCUT2D eigenvalue weighted by atomic mass is 16.3. The zero-order chi connectivity index (χ0) is 18.2. The van der Waals surface area contributed by atoms with Crippen LogP contribution in [0.2, 0.25) is 0 Å². The maximum atomic E-state index is 12.2. The monoisotopic (exact) mass is 342 g/mol. The number of anilines is 1. The smallest absolute Gasteiger partial charge is 0.254 e. The molecule has 25 heavy (non-hydrogen) atoms. The van der Waals surface area contributed by atoms with Gasteiger partial charge >= 0.3 is 0 Å². The van der Waals surface area contributed by atoms with E-state index in [2.05, 4.69) is 41.2 Å². The van der Waals surface area contributed by atoms with Gasteiger partial charge in [0.05, 0.1) is 11.3 Å². The Morgan fingerprint density at radius 3 is 2.52 bits per heavy atom. The molecule has 0 bridgehead atoms. The van der Waals surface area contributed by atoms with Crippen molar-refractivity contribution in [1.29, 1.82) is 0 Å². The number of furan rings is 1. The molecule has 0 atom stereocenters. The molecule has 2 aromatic rings. The Labute approximate surface area is 148 Å². The van der Waals surface area contributed by atoms with Crippen molar-refractivity contribution in [3.63, 3.8) is 0 Å². The molecule has 0 radical (unpaired) electrons. The Balaban J connectivity index is 1.48. The van der Waals surface area contributed by atoms with E-state index < -0.39 is 0 Å². The van der Waals surface area contributed by atoms with Crippen molar-refractivity contribution in [3.8, 4) is 0 Å². The molecule has 0 saturated carbocycles. The summed E-state index contributed by atoms with van der Waals surface area (Å²) in [5.74, 6) is 2.69. The Hall–Kier alpha value is -2.37. The fourth-order valence-electron chi connectivity index (χ4n) is 2.97. The van der Waals surface area contributed by atoms with Crippen LogP contribution in [0.4, 0.5) is 5.82 Å². The molecule has 0 spiro atoms. The van der Waals surface area contributed by atoms with E-state index >= 15 is 0 Å². The summed E-state index contributed by atoms with van der Waals surface area (Å²) in [6.45, 7) is 12.5. The van der Waals surface area contributed by atoms with Crippen LogP contribution in [0, 0.1) is 19.8 Å². The first-order chi connectivity index (χ1) is 11.7. The predicted octanol–water partition coefficient (Wildman–Crippen LogP) is 2.85. The van der Waals surface area contributed by atoms with E-state index in [1.807, 2.05) is 26.0 Å². The van der Waals surface area contributed by atoms with Crippen molar-refractivity contribution in [2.75, 3.05) is 24.5 Å². The van der Waals surface area contributed by atoms with E-state index in [0.717, 1.165) is 30.4 Å². The van der Waals surface area contributed by atoms with E-state index in [-0.39, 0.29) is 11.3 Å². The molecule has 0 unspecified atom stereocenters. The van der Waals surface area contributed by atoms with E-state index in [4.69, 9.17) is 4.42 Å². The molecule has 3 heterocycles. The molecule has 1 aliphatic rings. The molecule has 6 heteroatoms. The summed E-state index contributed by atoms with van der Waals surface area (Å²) in [7, 11) is 0. The third-order valence-corrected chi connectivity index (χ3v) is 4.54. The second-order valence-corrected chi connectivity index (χ2v) is 7.83. The van der Waals surface area contributed by atoms with Crippen molar-refractivity contribution >= 4 is 11.7 Å². The fraction of sp³-hybridized carbons (Fsp3) is 0.526. The number of amides is 1. The van der Waals surface area contributed by atoms with Gasteiger partial charge in [-0.25, -0.2) is 0 Å². The zero-order valence-electron chi connectivity index (χ0n) is 15.6. The van der Waals surface area contributed by atoms with Gasteiger partial charge in [0.15, 0.2) is 5.82 Å². The molecule has 1 N–H and O–H groups in total. The van der Waals surface area contributed by atoms with Crippen LogP contribution in [0.25, 0.3) is 0 Å². The Kier molecular flexibility index (Phi) is 4.54. The van der Waals surface area contributed by atoms with Gasteiger partial charge in [0.25, 0.3) is 5.91 Å². The number of nitrogens with zero attached hydrogens (tertiary/aromatic N) is 3. The van der Waals surface area contributed by atoms with Crippen LogP contribution in [0.15, 0.2) is 22.6 Å². The van der Waals surface area contributed by atoms with Crippen LogP contribution >= 0.6 is 0 Å². The molecule has 1 fully saturated rings. The van der Waals surface area contributed by atoms with Crippen LogP contribution in [-0.2, 0) is 5.41 Å². The van der Waals surface area contributed by atoms with E-state index in [0.29, 0.717) is 23.8 Å². The van der Waals surface area contributed by atoms with E-state index in [1.54, 1.807) is 6.07 Å². The van der Waals surface area contributed by atoms with Crippen LogP contribution in [0.5, 0.6) is 0 Å². The summed E-state index contributed by atoms with van der Waals surface area (Å²) in [5, 5.41) is 11.7. The van der Waals surface area contributed by atoms with Crippen molar-refractivity contribution in [1.82, 2.24) is 15.5 Å². The van der Waals surface area contributed by atoms with Crippen LogP contribution < -0.4 is 10.2 Å². The number of hydrogen-bond acceptors (Lipinski definition) is 5. The van der Waals surface area contributed by atoms with E-state index in [9.17, 15) is 4.79 Å². The Morgan fingerprint density at radius 1 is 1.28 bits per heavy atom. The maximum Gasteiger partial charge on any atom is 0.254 e. The Bertz CT molecular complexity index is 753. The molecule has 1 aliphatic heterocycles. The van der Waals surface area contributed by atoms with Crippen molar-refractivity contribution in [2.24, 2.45) is 5.92 Å². The minimum atomic E-state index is -0.0675. The SMILES string of the molecule is Cc1cc(C(=O)NCC2CN(c3ccc(C(C)(C)C)nn3)C2)c(C)o1. The van der Waals surface area contributed by atoms with Gasteiger partial charge in [-0.2, -0.15) is 5.10 Å². The molecule has 134 valence electrons. The third-order valence-electron chi connectivity index (χ3n) is 4.54. The minimum Gasteiger partial charge on any atom is -0.466 e. The number of carbonyl (C=O) groups is 1. The lowest BCUT2D eigenvalue weighted by Crippen LogP contribution is -2.52. The highest BCUT2D eigenvalue weighted by molar-refractivity contribution is 5.95. The normalized spacial score (nSPS) is 15.2. The molecule has 6 nitrogen and oxygen atoms in total. The lowest BCUT2D eigenvalue weighted by atomic mass is 9.92. The van der Waals surface area contributed by atoms with E-state index in [1.165, 1.54) is 0 Å². The van der Waals surface area contributed by atoms with Crippen molar-refractivity contribution in [2.45, 2.75) is 40.0 Å². The number of aromatic nitrogens is 2. The van der Waals surface area contributed by atoms with Gasteiger partial charge in [-0.1, -0.05) is 20.8 Å². The second kappa shape index (κ2) is 6.50. The summed E-state index contributed by atoms with van der Waals surface area (Å²) in [5.41, 5.74) is 1.63. The molecule has 1 amide bonds. The van der Waals surface area contributed by atoms with Gasteiger partial charge in [0, 0.05) is 31.0 Å². The summed E-state index contributed by atoms with van der Waals surface area (Å²) in [6.07, 6.45) is 0. The second-order valence-electron chi connectivity index (χ2n) is 7.83. The third kappa shape index (κ3) is 3.83.